The molecular formula is C12H14N2O4. The number of aliphatic carboxylic acids is 1. The number of aromatic nitrogens is 1. The summed E-state index contributed by atoms with van der Waals surface area (Å²) in [5.41, 5.74) is 0.227. The third-order valence-electron chi connectivity index (χ3n) is 3.53. The second kappa shape index (κ2) is 4.12. The molecule has 0 aromatic carbocycles. The van der Waals surface area contributed by atoms with Gasteiger partial charge in [0.15, 0.2) is 5.69 Å². The Hall–Kier alpha value is -1.85. The molecule has 1 saturated carbocycles. The summed E-state index contributed by atoms with van der Waals surface area (Å²) in [7, 11) is 0. The van der Waals surface area contributed by atoms with Crippen molar-refractivity contribution in [2.24, 2.45) is 0 Å². The summed E-state index contributed by atoms with van der Waals surface area (Å²) in [5.74, 6) is -0.153. The molecule has 1 unspecified atom stereocenters. The van der Waals surface area contributed by atoms with Gasteiger partial charge in [-0.3, -0.25) is 4.79 Å². The molecule has 1 aromatic heterocycles. The molecule has 18 heavy (non-hydrogen) atoms. The molecule has 0 radical (unpaired) electrons. The first-order chi connectivity index (χ1) is 8.66. The fraction of sp³-hybridized carbons (Fsp3) is 0.583. The van der Waals surface area contributed by atoms with Crippen LogP contribution in [0.3, 0.4) is 0 Å². The van der Waals surface area contributed by atoms with Crippen LogP contribution in [0.1, 0.15) is 47.8 Å². The van der Waals surface area contributed by atoms with Crippen molar-refractivity contribution in [1.29, 1.82) is 0 Å². The van der Waals surface area contributed by atoms with Gasteiger partial charge in [-0.1, -0.05) is 5.16 Å². The number of carbonyl (C=O) groups is 2. The van der Waals surface area contributed by atoms with Crippen LogP contribution in [0.4, 0.5) is 0 Å². The van der Waals surface area contributed by atoms with Gasteiger partial charge >= 0.3 is 5.97 Å². The van der Waals surface area contributed by atoms with Gasteiger partial charge in [-0.05, 0) is 25.7 Å². The average Bonchev–Trinajstić information content (AvgIpc) is 2.92. The summed E-state index contributed by atoms with van der Waals surface area (Å²) >= 11 is 0. The highest BCUT2D eigenvalue weighted by Gasteiger charge is 2.36. The predicted octanol–water partition coefficient (Wildman–Crippen LogP) is 1.24. The lowest BCUT2D eigenvalue weighted by Crippen LogP contribution is -2.40. The minimum absolute atomic E-state index is 0.227. The molecule has 1 amide bonds. The second-order valence-electron chi connectivity index (χ2n) is 4.88. The summed E-state index contributed by atoms with van der Waals surface area (Å²) in [6.45, 7) is 0.474. The molecule has 1 saturated heterocycles. The Morgan fingerprint density at radius 3 is 2.83 bits per heavy atom. The molecule has 2 aliphatic rings. The van der Waals surface area contributed by atoms with Gasteiger partial charge in [0.05, 0.1) is 0 Å². The fourth-order valence-electron chi connectivity index (χ4n) is 2.36. The molecule has 3 rings (SSSR count). The van der Waals surface area contributed by atoms with Gasteiger partial charge in [0.1, 0.15) is 11.8 Å². The first-order valence-electron chi connectivity index (χ1n) is 6.17. The Kier molecular flexibility index (Phi) is 2.57. The lowest BCUT2D eigenvalue weighted by atomic mass is 10.2. The summed E-state index contributed by atoms with van der Waals surface area (Å²) < 4.78 is 5.12. The van der Waals surface area contributed by atoms with Gasteiger partial charge in [0, 0.05) is 18.5 Å². The van der Waals surface area contributed by atoms with Crippen molar-refractivity contribution < 1.29 is 19.2 Å². The van der Waals surface area contributed by atoms with Crippen molar-refractivity contribution in [3.8, 4) is 0 Å². The van der Waals surface area contributed by atoms with E-state index in [1.54, 1.807) is 6.07 Å². The van der Waals surface area contributed by atoms with Crippen LogP contribution in [0.15, 0.2) is 10.6 Å². The Labute approximate surface area is 104 Å². The normalized spacial score (nSPS) is 23.3. The van der Waals surface area contributed by atoms with E-state index in [1.807, 2.05) is 0 Å². The van der Waals surface area contributed by atoms with Gasteiger partial charge in [-0.15, -0.1) is 0 Å². The Morgan fingerprint density at radius 1 is 1.39 bits per heavy atom. The number of likely N-dealkylation sites (tertiary alicyclic amines) is 1. The number of carbonyl (C=O) groups excluding carboxylic acids is 1. The van der Waals surface area contributed by atoms with Gasteiger partial charge in [0.2, 0.25) is 0 Å². The lowest BCUT2D eigenvalue weighted by Gasteiger charge is -2.19. The summed E-state index contributed by atoms with van der Waals surface area (Å²) in [6, 6.07) is 0.926. The van der Waals surface area contributed by atoms with Crippen molar-refractivity contribution in [3.63, 3.8) is 0 Å². The molecule has 6 nitrogen and oxygen atoms in total. The van der Waals surface area contributed by atoms with E-state index in [0.29, 0.717) is 18.9 Å². The first kappa shape index (κ1) is 11.3. The largest absolute Gasteiger partial charge is 0.480 e. The standard InChI is InChI=1S/C12H14N2O4/c15-11(14-5-1-2-9(14)12(16)17)8-6-10(18-13-8)7-3-4-7/h6-7,9H,1-5H2,(H,16,17). The van der Waals surface area contributed by atoms with E-state index in [9.17, 15) is 9.59 Å². The molecule has 1 aliphatic heterocycles. The van der Waals surface area contributed by atoms with E-state index >= 15 is 0 Å². The van der Waals surface area contributed by atoms with Crippen molar-refractivity contribution in [2.75, 3.05) is 6.54 Å². The van der Waals surface area contributed by atoms with Gasteiger partial charge in [0.25, 0.3) is 5.91 Å². The van der Waals surface area contributed by atoms with E-state index < -0.39 is 12.0 Å². The van der Waals surface area contributed by atoms with Crippen LogP contribution in [0, 0.1) is 0 Å². The number of nitrogens with zero attached hydrogens (tertiary/aromatic N) is 2. The zero-order valence-electron chi connectivity index (χ0n) is 9.83. The molecule has 1 N–H and O–H groups in total. The molecule has 0 spiro atoms. The maximum atomic E-state index is 12.2. The predicted molar refractivity (Wildman–Crippen MR) is 60.2 cm³/mol. The monoisotopic (exact) mass is 250 g/mol. The van der Waals surface area contributed by atoms with Crippen molar-refractivity contribution in [1.82, 2.24) is 10.1 Å². The Balaban J connectivity index is 1.78. The molecule has 2 fully saturated rings. The molecule has 6 heteroatoms. The molecule has 1 atom stereocenters. The van der Waals surface area contributed by atoms with Crippen LogP contribution in [-0.4, -0.2) is 39.6 Å². The van der Waals surface area contributed by atoms with E-state index in [1.165, 1.54) is 4.90 Å². The number of hydrogen-bond acceptors (Lipinski definition) is 4. The minimum atomic E-state index is -0.952. The smallest absolute Gasteiger partial charge is 0.326 e. The van der Waals surface area contributed by atoms with E-state index in [4.69, 9.17) is 9.63 Å². The fourth-order valence-corrected chi connectivity index (χ4v) is 2.36. The van der Waals surface area contributed by atoms with E-state index in [2.05, 4.69) is 5.16 Å². The van der Waals surface area contributed by atoms with Crippen LogP contribution in [0.25, 0.3) is 0 Å². The maximum Gasteiger partial charge on any atom is 0.326 e. The lowest BCUT2D eigenvalue weighted by molar-refractivity contribution is -0.141. The average molecular weight is 250 g/mol. The SMILES string of the molecule is O=C(O)C1CCCN1C(=O)c1cc(C2CC2)on1. The van der Waals surface area contributed by atoms with Gasteiger partial charge in [-0.2, -0.15) is 0 Å². The van der Waals surface area contributed by atoms with E-state index in [0.717, 1.165) is 25.0 Å². The van der Waals surface area contributed by atoms with Crippen molar-refractivity contribution in [3.05, 3.63) is 17.5 Å². The van der Waals surface area contributed by atoms with Crippen molar-refractivity contribution >= 4 is 11.9 Å². The number of carboxylic acid groups (broad SMARTS) is 1. The highest BCUT2D eigenvalue weighted by Crippen LogP contribution is 2.40. The summed E-state index contributed by atoms with van der Waals surface area (Å²) in [5, 5.41) is 12.8. The van der Waals surface area contributed by atoms with Crippen LogP contribution >= 0.6 is 0 Å². The molecular weight excluding hydrogens is 236 g/mol. The number of rotatable bonds is 3. The highest BCUT2D eigenvalue weighted by atomic mass is 16.5. The first-order valence-corrected chi connectivity index (χ1v) is 6.17. The Bertz CT molecular complexity index is 492. The molecule has 1 aromatic rings. The quantitative estimate of drug-likeness (QED) is 0.872. The zero-order chi connectivity index (χ0) is 12.7. The maximum absolute atomic E-state index is 12.2. The van der Waals surface area contributed by atoms with Crippen LogP contribution in [-0.2, 0) is 4.79 Å². The molecule has 1 aliphatic carbocycles. The molecule has 96 valence electrons. The third kappa shape index (κ3) is 1.87. The summed E-state index contributed by atoms with van der Waals surface area (Å²) in [4.78, 5) is 24.6. The minimum Gasteiger partial charge on any atom is -0.480 e. The van der Waals surface area contributed by atoms with Crippen LogP contribution in [0.5, 0.6) is 0 Å². The van der Waals surface area contributed by atoms with E-state index in [-0.39, 0.29) is 11.6 Å². The van der Waals surface area contributed by atoms with Crippen LogP contribution in [0.2, 0.25) is 0 Å². The Morgan fingerprint density at radius 2 is 2.17 bits per heavy atom. The number of hydrogen-bond donors (Lipinski definition) is 1. The molecule has 2 heterocycles. The third-order valence-corrected chi connectivity index (χ3v) is 3.53. The number of carboxylic acids is 1. The summed E-state index contributed by atoms with van der Waals surface area (Å²) in [6.07, 6.45) is 3.37. The van der Waals surface area contributed by atoms with Crippen LogP contribution < -0.4 is 0 Å². The highest BCUT2D eigenvalue weighted by molar-refractivity contribution is 5.95. The number of amides is 1. The van der Waals surface area contributed by atoms with Crippen molar-refractivity contribution in [2.45, 2.75) is 37.6 Å². The second-order valence-corrected chi connectivity index (χ2v) is 4.88. The topological polar surface area (TPSA) is 83.6 Å². The zero-order valence-corrected chi connectivity index (χ0v) is 9.83. The molecule has 0 bridgehead atoms. The van der Waals surface area contributed by atoms with Gasteiger partial charge < -0.3 is 14.5 Å². The van der Waals surface area contributed by atoms with Gasteiger partial charge in [-0.25, -0.2) is 4.79 Å².